The third-order valence-electron chi connectivity index (χ3n) is 2.32. The fourth-order valence-corrected chi connectivity index (χ4v) is 2.87. The normalized spacial score (nSPS) is 10.4. The van der Waals surface area contributed by atoms with Crippen LogP contribution in [-0.2, 0) is 0 Å². The average Bonchev–Trinajstić information content (AvgIpc) is 2.60. The van der Waals surface area contributed by atoms with Gasteiger partial charge in [0.15, 0.2) is 0 Å². The van der Waals surface area contributed by atoms with Gasteiger partial charge in [0.2, 0.25) is 0 Å². The van der Waals surface area contributed by atoms with Gasteiger partial charge in [-0.05, 0) is 24.6 Å². The van der Waals surface area contributed by atoms with Gasteiger partial charge in [-0.3, -0.25) is 0 Å². The molecule has 0 atom stereocenters. The largest absolute Gasteiger partial charge is 0.478 e. The maximum atomic E-state index is 11.1. The topological polar surface area (TPSA) is 37.3 Å². The van der Waals surface area contributed by atoms with Crippen LogP contribution in [0, 0.1) is 6.92 Å². The summed E-state index contributed by atoms with van der Waals surface area (Å²) in [4.78, 5) is 12.1. The first-order valence-corrected chi connectivity index (χ1v) is 6.34. The maximum absolute atomic E-state index is 11.1. The van der Waals surface area contributed by atoms with Crippen molar-refractivity contribution in [2.45, 2.75) is 6.92 Å². The Morgan fingerprint density at radius 1 is 1.44 bits per heavy atom. The Balaban J connectivity index is 2.63. The summed E-state index contributed by atoms with van der Waals surface area (Å²) in [6, 6.07) is 7.68. The molecule has 0 aliphatic rings. The molecule has 0 bridgehead atoms. The van der Waals surface area contributed by atoms with Crippen molar-refractivity contribution in [1.29, 1.82) is 0 Å². The van der Waals surface area contributed by atoms with E-state index in [1.54, 1.807) is 5.38 Å². The van der Waals surface area contributed by atoms with E-state index in [0.29, 0.717) is 5.56 Å². The van der Waals surface area contributed by atoms with E-state index in [0.717, 1.165) is 20.5 Å². The van der Waals surface area contributed by atoms with Crippen LogP contribution >= 0.6 is 27.3 Å². The summed E-state index contributed by atoms with van der Waals surface area (Å²) in [5, 5.41) is 10.8. The second-order valence-electron chi connectivity index (χ2n) is 3.40. The van der Waals surface area contributed by atoms with Crippen molar-refractivity contribution >= 4 is 33.2 Å². The van der Waals surface area contributed by atoms with E-state index >= 15 is 0 Å². The van der Waals surface area contributed by atoms with Gasteiger partial charge in [0.1, 0.15) is 0 Å². The van der Waals surface area contributed by atoms with Crippen molar-refractivity contribution in [3.05, 3.63) is 44.6 Å². The molecule has 1 N–H and O–H groups in total. The van der Waals surface area contributed by atoms with Crippen molar-refractivity contribution in [2.75, 3.05) is 0 Å². The summed E-state index contributed by atoms with van der Waals surface area (Å²) >= 11 is 4.85. The first kappa shape index (κ1) is 11.4. The lowest BCUT2D eigenvalue weighted by Gasteiger charge is -2.03. The van der Waals surface area contributed by atoms with Crippen LogP contribution in [0.5, 0.6) is 0 Å². The van der Waals surface area contributed by atoms with Crippen molar-refractivity contribution in [2.24, 2.45) is 0 Å². The molecule has 0 saturated heterocycles. The number of carboxylic acids is 1. The van der Waals surface area contributed by atoms with Gasteiger partial charge >= 0.3 is 5.97 Å². The number of hydrogen-bond donors (Lipinski definition) is 1. The molecule has 0 aliphatic carbocycles. The van der Waals surface area contributed by atoms with Gasteiger partial charge in [-0.15, -0.1) is 11.3 Å². The Morgan fingerprint density at radius 3 is 2.81 bits per heavy atom. The van der Waals surface area contributed by atoms with Gasteiger partial charge < -0.3 is 5.11 Å². The molecule has 0 amide bonds. The number of thiophene rings is 1. The molecule has 2 rings (SSSR count). The monoisotopic (exact) mass is 296 g/mol. The third kappa shape index (κ3) is 2.03. The van der Waals surface area contributed by atoms with Crippen molar-refractivity contribution in [3.63, 3.8) is 0 Å². The fourth-order valence-electron chi connectivity index (χ4n) is 1.61. The van der Waals surface area contributed by atoms with E-state index in [1.165, 1.54) is 11.3 Å². The van der Waals surface area contributed by atoms with E-state index in [-0.39, 0.29) is 0 Å². The van der Waals surface area contributed by atoms with E-state index in [1.807, 2.05) is 31.2 Å². The summed E-state index contributed by atoms with van der Waals surface area (Å²) in [6.45, 7) is 1.94. The molecule has 0 fully saturated rings. The molecule has 0 aliphatic heterocycles. The highest BCUT2D eigenvalue weighted by Gasteiger charge is 2.16. The highest BCUT2D eigenvalue weighted by Crippen LogP contribution is 2.33. The number of carbonyl (C=O) groups is 1. The van der Waals surface area contributed by atoms with Crippen molar-refractivity contribution in [1.82, 2.24) is 0 Å². The van der Waals surface area contributed by atoms with E-state index in [4.69, 9.17) is 5.11 Å². The number of aryl methyl sites for hydroxylation is 1. The Labute approximate surface area is 106 Å². The number of hydrogen-bond acceptors (Lipinski definition) is 2. The number of aromatic carboxylic acids is 1. The Kier molecular flexibility index (Phi) is 3.12. The summed E-state index contributed by atoms with van der Waals surface area (Å²) in [5.41, 5.74) is 2.13. The molecular formula is C12H9BrO2S. The predicted octanol–water partition coefficient (Wildman–Crippen LogP) is 4.18. The first-order valence-electron chi connectivity index (χ1n) is 4.67. The Morgan fingerprint density at radius 2 is 2.19 bits per heavy atom. The smallest absolute Gasteiger partial charge is 0.337 e. The minimum Gasteiger partial charge on any atom is -0.478 e. The summed E-state index contributed by atoms with van der Waals surface area (Å²) < 4.78 is 0.951. The van der Waals surface area contributed by atoms with Crippen LogP contribution in [0.25, 0.3) is 11.1 Å². The van der Waals surface area contributed by atoms with Gasteiger partial charge in [-0.25, -0.2) is 4.79 Å². The lowest BCUT2D eigenvalue weighted by molar-refractivity contribution is 0.0698. The molecule has 16 heavy (non-hydrogen) atoms. The number of carboxylic acid groups (broad SMARTS) is 1. The highest BCUT2D eigenvalue weighted by molar-refractivity contribution is 9.10. The molecule has 2 aromatic rings. The van der Waals surface area contributed by atoms with Crippen LogP contribution in [0.3, 0.4) is 0 Å². The van der Waals surface area contributed by atoms with Gasteiger partial charge in [-0.1, -0.05) is 28.1 Å². The van der Waals surface area contributed by atoms with Crippen LogP contribution < -0.4 is 0 Å². The standard InChI is InChI=1S/C12H9BrO2S/c1-7-11(10(6-16-7)12(14)15)8-3-2-4-9(13)5-8/h2-6H,1H3,(H,14,15). The van der Waals surface area contributed by atoms with Crippen LogP contribution in [0.4, 0.5) is 0 Å². The van der Waals surface area contributed by atoms with Crippen molar-refractivity contribution < 1.29 is 9.90 Å². The van der Waals surface area contributed by atoms with Gasteiger partial charge in [-0.2, -0.15) is 0 Å². The molecule has 4 heteroatoms. The molecule has 1 aromatic heterocycles. The van der Waals surface area contributed by atoms with Gasteiger partial charge in [0.25, 0.3) is 0 Å². The molecule has 1 heterocycles. The maximum Gasteiger partial charge on any atom is 0.337 e. The minimum atomic E-state index is -0.876. The second kappa shape index (κ2) is 4.39. The van der Waals surface area contributed by atoms with Crippen LogP contribution in [0.1, 0.15) is 15.2 Å². The summed E-state index contributed by atoms with van der Waals surface area (Å²) in [7, 11) is 0. The highest BCUT2D eigenvalue weighted by atomic mass is 79.9. The molecule has 2 nitrogen and oxygen atoms in total. The number of halogens is 1. The predicted molar refractivity (Wildman–Crippen MR) is 69.2 cm³/mol. The van der Waals surface area contributed by atoms with E-state index < -0.39 is 5.97 Å². The van der Waals surface area contributed by atoms with Crippen LogP contribution in [0.2, 0.25) is 0 Å². The van der Waals surface area contributed by atoms with Gasteiger partial charge in [0, 0.05) is 20.3 Å². The van der Waals surface area contributed by atoms with E-state index in [2.05, 4.69) is 15.9 Å². The van der Waals surface area contributed by atoms with Crippen LogP contribution in [-0.4, -0.2) is 11.1 Å². The summed E-state index contributed by atoms with van der Waals surface area (Å²) in [6.07, 6.45) is 0. The fraction of sp³-hybridized carbons (Fsp3) is 0.0833. The lowest BCUT2D eigenvalue weighted by Crippen LogP contribution is -1.96. The SMILES string of the molecule is Cc1scc(C(=O)O)c1-c1cccc(Br)c1. The molecule has 82 valence electrons. The summed E-state index contributed by atoms with van der Waals surface area (Å²) in [5.74, 6) is -0.876. The molecule has 0 radical (unpaired) electrons. The zero-order valence-corrected chi connectivity index (χ0v) is 10.9. The Hall–Kier alpha value is -1.13. The molecule has 0 saturated carbocycles. The average molecular weight is 297 g/mol. The minimum absolute atomic E-state index is 0.376. The molecule has 0 spiro atoms. The van der Waals surface area contributed by atoms with Gasteiger partial charge in [0.05, 0.1) is 5.56 Å². The molecule has 1 aromatic carbocycles. The first-order chi connectivity index (χ1) is 7.59. The quantitative estimate of drug-likeness (QED) is 0.902. The van der Waals surface area contributed by atoms with E-state index in [9.17, 15) is 4.79 Å². The zero-order chi connectivity index (χ0) is 11.7. The molecule has 0 unspecified atom stereocenters. The Bertz CT molecular complexity index is 546. The number of benzene rings is 1. The lowest BCUT2D eigenvalue weighted by atomic mass is 10.0. The zero-order valence-electron chi connectivity index (χ0n) is 8.53. The van der Waals surface area contributed by atoms with Crippen LogP contribution in [0.15, 0.2) is 34.1 Å². The van der Waals surface area contributed by atoms with Crippen molar-refractivity contribution in [3.8, 4) is 11.1 Å². The third-order valence-corrected chi connectivity index (χ3v) is 3.72. The number of rotatable bonds is 2. The molecular weight excluding hydrogens is 288 g/mol. The second-order valence-corrected chi connectivity index (χ2v) is 5.40.